The molecule has 11 heavy (non-hydrogen) atoms. The zero-order valence-corrected chi connectivity index (χ0v) is 6.78. The van der Waals surface area contributed by atoms with Crippen LogP contribution in [0.1, 0.15) is 19.8 Å². The van der Waals surface area contributed by atoms with Crippen molar-refractivity contribution in [2.75, 3.05) is 7.11 Å². The Kier molecular flexibility index (Phi) is 4.81. The summed E-state index contributed by atoms with van der Waals surface area (Å²) in [5, 5.41) is 18.1. The van der Waals surface area contributed by atoms with Crippen LogP contribution < -0.4 is 0 Å². The first-order valence-corrected chi connectivity index (χ1v) is 3.54. The third-order valence-electron chi connectivity index (χ3n) is 1.47. The van der Waals surface area contributed by atoms with Crippen molar-refractivity contribution in [2.24, 2.45) is 0 Å². The van der Waals surface area contributed by atoms with Gasteiger partial charge in [0.05, 0.1) is 25.7 Å². The number of ether oxygens (including phenoxy) is 1. The third-order valence-corrected chi connectivity index (χ3v) is 1.47. The van der Waals surface area contributed by atoms with Crippen LogP contribution >= 0.6 is 0 Å². The van der Waals surface area contributed by atoms with Gasteiger partial charge in [0, 0.05) is 0 Å². The molecule has 0 heterocycles. The SMILES string of the molecule is CC[C@@H](O)[C@@H](O)CC(=O)OC. The second kappa shape index (κ2) is 5.09. The molecule has 2 atom stereocenters. The normalized spacial score (nSPS) is 15.6. The lowest BCUT2D eigenvalue weighted by molar-refractivity contribution is -0.144. The molecule has 0 aliphatic rings. The molecule has 0 rings (SSSR count). The van der Waals surface area contributed by atoms with Crippen LogP contribution in [0.3, 0.4) is 0 Å². The summed E-state index contributed by atoms with van der Waals surface area (Å²) in [6.07, 6.45) is -1.56. The summed E-state index contributed by atoms with van der Waals surface area (Å²) in [4.78, 5) is 10.5. The van der Waals surface area contributed by atoms with Gasteiger partial charge in [-0.15, -0.1) is 0 Å². The first-order valence-electron chi connectivity index (χ1n) is 3.54. The van der Waals surface area contributed by atoms with E-state index in [0.29, 0.717) is 6.42 Å². The molecule has 4 heteroatoms. The molecule has 0 aliphatic carbocycles. The highest BCUT2D eigenvalue weighted by Gasteiger charge is 2.17. The first-order chi connectivity index (χ1) is 5.11. The van der Waals surface area contributed by atoms with Crippen LogP contribution in [0.5, 0.6) is 0 Å². The van der Waals surface area contributed by atoms with Crippen LogP contribution in [0.2, 0.25) is 0 Å². The van der Waals surface area contributed by atoms with E-state index in [1.807, 2.05) is 0 Å². The summed E-state index contributed by atoms with van der Waals surface area (Å²) in [6.45, 7) is 1.73. The quantitative estimate of drug-likeness (QED) is 0.556. The maximum Gasteiger partial charge on any atom is 0.308 e. The Morgan fingerprint density at radius 1 is 1.45 bits per heavy atom. The van der Waals surface area contributed by atoms with Crippen LogP contribution in [-0.2, 0) is 9.53 Å². The summed E-state index contributed by atoms with van der Waals surface area (Å²) < 4.78 is 4.31. The average Bonchev–Trinajstić information content (AvgIpc) is 2.02. The fourth-order valence-electron chi connectivity index (χ4n) is 0.662. The molecule has 0 saturated heterocycles. The van der Waals surface area contributed by atoms with Crippen LogP contribution in [-0.4, -0.2) is 35.5 Å². The Morgan fingerprint density at radius 2 is 2.00 bits per heavy atom. The number of esters is 1. The summed E-state index contributed by atoms with van der Waals surface area (Å²) in [5.41, 5.74) is 0. The number of aliphatic hydroxyl groups excluding tert-OH is 2. The van der Waals surface area contributed by atoms with Gasteiger partial charge in [-0.25, -0.2) is 0 Å². The molecule has 66 valence electrons. The monoisotopic (exact) mass is 162 g/mol. The van der Waals surface area contributed by atoms with E-state index in [2.05, 4.69) is 4.74 Å². The molecule has 4 nitrogen and oxygen atoms in total. The topological polar surface area (TPSA) is 66.8 Å². The van der Waals surface area contributed by atoms with E-state index in [0.717, 1.165) is 0 Å². The number of carbonyl (C=O) groups is 1. The molecular formula is C7H14O4. The van der Waals surface area contributed by atoms with Crippen molar-refractivity contribution < 1.29 is 19.7 Å². The van der Waals surface area contributed by atoms with E-state index in [4.69, 9.17) is 10.2 Å². The second-order valence-corrected chi connectivity index (χ2v) is 2.32. The van der Waals surface area contributed by atoms with E-state index < -0.39 is 18.2 Å². The molecule has 0 aromatic heterocycles. The van der Waals surface area contributed by atoms with Gasteiger partial charge in [-0.2, -0.15) is 0 Å². The molecule has 2 N–H and O–H groups in total. The summed E-state index contributed by atoms with van der Waals surface area (Å²) in [7, 11) is 1.24. The number of rotatable bonds is 4. The zero-order chi connectivity index (χ0) is 8.85. The van der Waals surface area contributed by atoms with E-state index in [9.17, 15) is 4.79 Å². The van der Waals surface area contributed by atoms with Crippen molar-refractivity contribution in [3.63, 3.8) is 0 Å². The molecule has 0 saturated carbocycles. The number of aliphatic hydroxyl groups is 2. The minimum atomic E-state index is -1.01. The van der Waals surface area contributed by atoms with Crippen molar-refractivity contribution in [1.82, 2.24) is 0 Å². The average molecular weight is 162 g/mol. The maximum absolute atomic E-state index is 10.5. The molecule has 0 aliphatic heterocycles. The highest BCUT2D eigenvalue weighted by molar-refractivity contribution is 5.69. The molecule has 0 aromatic rings. The van der Waals surface area contributed by atoms with Crippen LogP contribution in [0, 0.1) is 0 Å². The number of hydrogen-bond donors (Lipinski definition) is 2. The Morgan fingerprint density at radius 3 is 2.36 bits per heavy atom. The molecule has 0 spiro atoms. The first kappa shape index (κ1) is 10.4. The van der Waals surface area contributed by atoms with E-state index in [-0.39, 0.29) is 6.42 Å². The maximum atomic E-state index is 10.5. The van der Waals surface area contributed by atoms with Crippen LogP contribution in [0.4, 0.5) is 0 Å². The van der Waals surface area contributed by atoms with Gasteiger partial charge >= 0.3 is 5.97 Å². The highest BCUT2D eigenvalue weighted by Crippen LogP contribution is 2.03. The third kappa shape index (κ3) is 3.95. The van der Waals surface area contributed by atoms with Crippen molar-refractivity contribution in [3.8, 4) is 0 Å². The van der Waals surface area contributed by atoms with E-state index >= 15 is 0 Å². The van der Waals surface area contributed by atoms with Crippen molar-refractivity contribution in [1.29, 1.82) is 0 Å². The summed E-state index contributed by atoms with van der Waals surface area (Å²) in [6, 6.07) is 0. The predicted molar refractivity (Wildman–Crippen MR) is 38.9 cm³/mol. The number of methoxy groups -OCH3 is 1. The van der Waals surface area contributed by atoms with Gasteiger partial charge in [0.1, 0.15) is 0 Å². The minimum absolute atomic E-state index is 0.147. The van der Waals surface area contributed by atoms with Crippen molar-refractivity contribution in [2.45, 2.75) is 32.0 Å². The largest absolute Gasteiger partial charge is 0.469 e. The molecule has 0 aromatic carbocycles. The van der Waals surface area contributed by atoms with Crippen LogP contribution in [0.15, 0.2) is 0 Å². The molecule has 0 radical (unpaired) electrons. The Labute approximate surface area is 65.8 Å². The number of hydrogen-bond acceptors (Lipinski definition) is 4. The molecular weight excluding hydrogens is 148 g/mol. The van der Waals surface area contributed by atoms with Gasteiger partial charge in [0.25, 0.3) is 0 Å². The highest BCUT2D eigenvalue weighted by atomic mass is 16.5. The van der Waals surface area contributed by atoms with Gasteiger partial charge in [0.15, 0.2) is 0 Å². The van der Waals surface area contributed by atoms with Gasteiger partial charge in [-0.3, -0.25) is 4.79 Å². The zero-order valence-electron chi connectivity index (χ0n) is 6.78. The fraction of sp³-hybridized carbons (Fsp3) is 0.857. The minimum Gasteiger partial charge on any atom is -0.469 e. The lowest BCUT2D eigenvalue weighted by Crippen LogP contribution is -2.28. The molecule has 0 unspecified atom stereocenters. The Balaban J connectivity index is 3.67. The standard InChI is InChI=1S/C7H14O4/c1-3-5(8)6(9)4-7(10)11-2/h5-6,8-9H,3-4H2,1-2H3/t5-,6+/m1/s1. The molecule has 0 bridgehead atoms. The van der Waals surface area contributed by atoms with E-state index in [1.165, 1.54) is 7.11 Å². The van der Waals surface area contributed by atoms with Gasteiger partial charge < -0.3 is 14.9 Å². The fourth-order valence-corrected chi connectivity index (χ4v) is 0.662. The predicted octanol–water partition coefficient (Wildman–Crippen LogP) is -0.319. The Bertz CT molecular complexity index is 124. The number of carbonyl (C=O) groups excluding carboxylic acids is 1. The molecule has 0 fully saturated rings. The lowest BCUT2D eigenvalue weighted by atomic mass is 10.1. The summed E-state index contributed by atoms with van der Waals surface area (Å²) >= 11 is 0. The van der Waals surface area contributed by atoms with Crippen molar-refractivity contribution in [3.05, 3.63) is 0 Å². The van der Waals surface area contributed by atoms with E-state index in [1.54, 1.807) is 6.92 Å². The van der Waals surface area contributed by atoms with Gasteiger partial charge in [-0.1, -0.05) is 6.92 Å². The van der Waals surface area contributed by atoms with Crippen LogP contribution in [0.25, 0.3) is 0 Å². The second-order valence-electron chi connectivity index (χ2n) is 2.32. The smallest absolute Gasteiger partial charge is 0.308 e. The summed E-state index contributed by atoms with van der Waals surface area (Å²) in [5.74, 6) is -0.509. The van der Waals surface area contributed by atoms with Gasteiger partial charge in [-0.05, 0) is 6.42 Å². The lowest BCUT2D eigenvalue weighted by Gasteiger charge is -2.13. The molecule has 0 amide bonds. The van der Waals surface area contributed by atoms with Crippen molar-refractivity contribution >= 4 is 5.97 Å². The van der Waals surface area contributed by atoms with Gasteiger partial charge in [0.2, 0.25) is 0 Å². The Hall–Kier alpha value is -0.610.